The van der Waals surface area contributed by atoms with E-state index in [1.165, 1.54) is 4.80 Å². The van der Waals surface area contributed by atoms with Crippen molar-refractivity contribution in [1.82, 2.24) is 39.7 Å². The summed E-state index contributed by atoms with van der Waals surface area (Å²) in [7, 11) is 1.77. The molecule has 31 heavy (non-hydrogen) atoms. The Labute approximate surface area is 186 Å². The van der Waals surface area contributed by atoms with E-state index in [9.17, 15) is 4.79 Å². The number of aromatic nitrogens is 8. The van der Waals surface area contributed by atoms with E-state index in [-0.39, 0.29) is 12.0 Å². The molecule has 4 aromatic heterocycles. The molecule has 1 fully saturated rings. The Kier molecular flexibility index (Phi) is 5.73. The van der Waals surface area contributed by atoms with E-state index in [1.54, 1.807) is 19.4 Å². The summed E-state index contributed by atoms with van der Waals surface area (Å²) in [4.78, 5) is 24.7. The van der Waals surface area contributed by atoms with Crippen LogP contribution in [0.2, 0.25) is 5.15 Å². The fourth-order valence-electron chi connectivity index (χ4n) is 3.86. The first-order chi connectivity index (χ1) is 14.6. The number of H-pyrrole nitrogens is 1. The second-order valence-corrected chi connectivity index (χ2v) is 8.83. The highest BCUT2D eigenvalue weighted by Gasteiger charge is 2.31. The van der Waals surface area contributed by atoms with Crippen LogP contribution in [-0.4, -0.2) is 61.3 Å². The minimum atomic E-state index is -1.81. The second-order valence-electron chi connectivity index (χ2n) is 7.63. The van der Waals surface area contributed by atoms with Gasteiger partial charge in [0.15, 0.2) is 17.8 Å². The average Bonchev–Trinajstić information content (AvgIpc) is 3.44. The Morgan fingerprint density at radius 3 is 2.77 bits per heavy atom. The quantitative estimate of drug-likeness (QED) is 0.156. The molecule has 0 aromatic carbocycles. The maximum Gasteiger partial charge on any atom is 0.207 e. The number of carbonyl (C=O) groups is 1. The van der Waals surface area contributed by atoms with Crippen LogP contribution in [-0.2, 0) is 7.05 Å². The third-order valence-electron chi connectivity index (χ3n) is 5.08. The molecule has 2 atom stereocenters. The van der Waals surface area contributed by atoms with Gasteiger partial charge in [0.2, 0.25) is 5.12 Å². The molecule has 5 rings (SSSR count). The first kappa shape index (κ1) is 21.7. The summed E-state index contributed by atoms with van der Waals surface area (Å²) in [5.41, 5.74) is 2.64. The number of aryl methyl sites for hydroxylation is 1. The van der Waals surface area contributed by atoms with Crippen molar-refractivity contribution in [1.29, 1.82) is 0 Å². The number of carbonyl (C=O) groups excluding carboxylic acids is 1. The number of thiol groups is 1. The van der Waals surface area contributed by atoms with Gasteiger partial charge in [-0.25, -0.2) is 9.97 Å². The van der Waals surface area contributed by atoms with Crippen molar-refractivity contribution in [2.24, 2.45) is 7.05 Å². The van der Waals surface area contributed by atoms with Crippen molar-refractivity contribution in [3.05, 3.63) is 29.1 Å². The number of fused-ring (bicyclic) bond motifs is 3. The van der Waals surface area contributed by atoms with Gasteiger partial charge in [0, 0.05) is 17.3 Å². The van der Waals surface area contributed by atoms with E-state index in [1.807, 2.05) is 0 Å². The first-order valence-electron chi connectivity index (χ1n) is 9.55. The van der Waals surface area contributed by atoms with Crippen LogP contribution in [0.4, 0.5) is 0 Å². The van der Waals surface area contributed by atoms with Crippen LogP contribution in [0.25, 0.3) is 22.1 Å². The van der Waals surface area contributed by atoms with Crippen molar-refractivity contribution >= 4 is 52.6 Å². The van der Waals surface area contributed by atoms with Crippen molar-refractivity contribution in [2.75, 3.05) is 0 Å². The summed E-state index contributed by atoms with van der Waals surface area (Å²) in [5, 5.41) is 27.6. The molecule has 0 radical (unpaired) electrons. The summed E-state index contributed by atoms with van der Waals surface area (Å²) in [6.07, 6.45) is 5.43. The Hall–Kier alpha value is -2.54. The van der Waals surface area contributed by atoms with Crippen LogP contribution in [0.1, 0.15) is 54.5 Å². The van der Waals surface area contributed by atoms with Gasteiger partial charge in [-0.15, -0.1) is 22.8 Å². The minimum Gasteiger partial charge on any atom is -0.358 e. The fourth-order valence-corrected chi connectivity index (χ4v) is 4.09. The van der Waals surface area contributed by atoms with Crippen LogP contribution >= 0.6 is 24.2 Å². The van der Waals surface area contributed by atoms with E-state index in [0.717, 1.165) is 55.0 Å². The average molecular weight is 465 g/mol. The van der Waals surface area contributed by atoms with Crippen LogP contribution < -0.4 is 0 Å². The van der Waals surface area contributed by atoms with E-state index in [0.29, 0.717) is 16.2 Å². The lowest BCUT2D eigenvalue weighted by molar-refractivity contribution is -0.0567. The van der Waals surface area contributed by atoms with Gasteiger partial charge < -0.3 is 19.8 Å². The van der Waals surface area contributed by atoms with E-state index >= 15 is 0 Å². The van der Waals surface area contributed by atoms with E-state index in [4.69, 9.17) is 21.8 Å². The molecule has 164 valence electrons. The zero-order valence-electron chi connectivity index (χ0n) is 16.8. The summed E-state index contributed by atoms with van der Waals surface area (Å²) in [6.45, 7) is 1.16. The molecule has 13 heteroatoms. The Morgan fingerprint density at radius 2 is 2.13 bits per heavy atom. The maximum atomic E-state index is 11.1. The third-order valence-corrected chi connectivity index (χ3v) is 5.37. The molecule has 1 aliphatic carbocycles. The normalized spacial score (nSPS) is 19.0. The predicted molar refractivity (Wildman–Crippen MR) is 116 cm³/mol. The summed E-state index contributed by atoms with van der Waals surface area (Å²) >= 11 is 9.58. The molecule has 0 bridgehead atoms. The molecular formula is C18H21ClN8O3S. The summed E-state index contributed by atoms with van der Waals surface area (Å²) in [6, 6.07) is 1.94. The minimum absolute atomic E-state index is 0.246. The standard InChI is InChI=1S/C16H15ClN8O.C2H6O2S/c1-24-22-15(21-23-24)8-2-3-10(4-8)25-7-18-13-12-11(5-9(6-26)19-12)14(17)20-16(13)25;1-2(3,4)5/h5-8,10,19H,2-4H2,1H3;3-5H,1H3. The lowest BCUT2D eigenvalue weighted by Crippen LogP contribution is -2.11. The van der Waals surface area contributed by atoms with Gasteiger partial charge in [-0.3, -0.25) is 4.79 Å². The van der Waals surface area contributed by atoms with Gasteiger partial charge in [-0.2, -0.15) is 4.80 Å². The molecule has 0 spiro atoms. The third kappa shape index (κ3) is 4.56. The highest BCUT2D eigenvalue weighted by Crippen LogP contribution is 2.41. The number of pyridine rings is 1. The van der Waals surface area contributed by atoms with Gasteiger partial charge in [0.25, 0.3) is 0 Å². The largest absolute Gasteiger partial charge is 0.358 e. The van der Waals surface area contributed by atoms with Gasteiger partial charge >= 0.3 is 0 Å². The zero-order chi connectivity index (χ0) is 22.3. The van der Waals surface area contributed by atoms with Crippen LogP contribution in [0.15, 0.2) is 12.4 Å². The summed E-state index contributed by atoms with van der Waals surface area (Å²) in [5.74, 6) is 1.06. The van der Waals surface area contributed by atoms with Crippen molar-refractivity contribution in [3.63, 3.8) is 0 Å². The molecule has 1 aliphatic rings. The van der Waals surface area contributed by atoms with Crippen LogP contribution in [0, 0.1) is 0 Å². The number of halogens is 1. The highest BCUT2D eigenvalue weighted by molar-refractivity contribution is 7.81. The fraction of sp³-hybridized carbons (Fsp3) is 0.444. The number of nitrogens with one attached hydrogen (secondary N) is 1. The number of imidazole rings is 1. The first-order valence-corrected chi connectivity index (χ1v) is 10.4. The monoisotopic (exact) mass is 464 g/mol. The number of rotatable bonds is 3. The molecule has 4 heterocycles. The van der Waals surface area contributed by atoms with Gasteiger partial charge in [-0.05, 0) is 37.5 Å². The van der Waals surface area contributed by atoms with Crippen molar-refractivity contribution < 1.29 is 15.0 Å². The number of aliphatic hydroxyl groups is 2. The Bertz CT molecular complexity index is 1240. The molecule has 0 saturated heterocycles. The Morgan fingerprint density at radius 1 is 1.39 bits per heavy atom. The number of aldehydes is 1. The van der Waals surface area contributed by atoms with Gasteiger partial charge in [-0.1, -0.05) is 11.6 Å². The maximum absolute atomic E-state index is 11.1. The number of hydrogen-bond donors (Lipinski definition) is 4. The molecule has 1 saturated carbocycles. The predicted octanol–water partition coefficient (Wildman–Crippen LogP) is 1.99. The molecule has 2 unspecified atom stereocenters. The zero-order valence-corrected chi connectivity index (χ0v) is 18.4. The number of nitrogens with zero attached hydrogens (tertiary/aromatic N) is 7. The number of aromatic amines is 1. The van der Waals surface area contributed by atoms with E-state index in [2.05, 4.69) is 47.6 Å². The topological polar surface area (TPSA) is 148 Å². The smallest absolute Gasteiger partial charge is 0.207 e. The van der Waals surface area contributed by atoms with Gasteiger partial charge in [0.1, 0.15) is 10.7 Å². The lowest BCUT2D eigenvalue weighted by Gasteiger charge is -2.12. The van der Waals surface area contributed by atoms with E-state index < -0.39 is 5.12 Å². The van der Waals surface area contributed by atoms with Crippen molar-refractivity contribution in [2.45, 2.75) is 43.3 Å². The lowest BCUT2D eigenvalue weighted by atomic mass is 10.1. The van der Waals surface area contributed by atoms with Crippen LogP contribution in [0.3, 0.4) is 0 Å². The van der Waals surface area contributed by atoms with Crippen LogP contribution in [0.5, 0.6) is 0 Å². The molecule has 0 aliphatic heterocycles. The molecule has 0 amide bonds. The second kappa shape index (κ2) is 8.19. The molecule has 4 aromatic rings. The number of hydrogen-bond acceptors (Lipinski definition) is 9. The SMILES string of the molecule is CC(O)(O)S.Cn1nnc(C2CCC(n3cnc4c5[nH]c(C=O)cc5c(Cl)nc43)C2)n1. The molecule has 3 N–H and O–H groups in total. The summed E-state index contributed by atoms with van der Waals surface area (Å²) < 4.78 is 2.07. The number of tetrazole rings is 1. The molecular weight excluding hydrogens is 444 g/mol. The van der Waals surface area contributed by atoms with Crippen molar-refractivity contribution in [3.8, 4) is 0 Å². The Balaban J connectivity index is 0.000000418. The van der Waals surface area contributed by atoms with Gasteiger partial charge in [0.05, 0.1) is 24.6 Å². The molecule has 11 nitrogen and oxygen atoms in total. The highest BCUT2D eigenvalue weighted by atomic mass is 35.5.